The minimum atomic E-state index is -0.0644. The van der Waals surface area contributed by atoms with Gasteiger partial charge in [0.05, 0.1) is 12.7 Å². The average molecular weight is 509 g/mol. The zero-order valence-corrected chi connectivity index (χ0v) is 24.2. The first kappa shape index (κ1) is 27.0. The third kappa shape index (κ3) is 5.33. The lowest BCUT2D eigenvalue weighted by molar-refractivity contribution is -0.151. The molecule has 0 bridgehead atoms. The molecule has 4 aliphatic rings. The van der Waals surface area contributed by atoms with Crippen molar-refractivity contribution in [3.05, 3.63) is 29.9 Å². The van der Waals surface area contributed by atoms with Crippen LogP contribution in [0.15, 0.2) is 24.2 Å². The van der Waals surface area contributed by atoms with Crippen LogP contribution in [0.5, 0.6) is 0 Å². The van der Waals surface area contributed by atoms with E-state index in [1.807, 2.05) is 0 Å². The Balaban J connectivity index is 1.20. The molecule has 1 N–H and O–H groups in total. The second kappa shape index (κ2) is 10.9. The molecular weight excluding hydrogens is 456 g/mol. The number of hydrogen-bond acceptors (Lipinski definition) is 3. The minimum absolute atomic E-state index is 0.0570. The first-order valence-electron chi connectivity index (χ1n) is 15.6. The molecule has 4 heteroatoms. The van der Waals surface area contributed by atoms with E-state index in [4.69, 9.17) is 4.74 Å². The van der Waals surface area contributed by atoms with E-state index in [0.29, 0.717) is 23.7 Å². The maximum atomic E-state index is 12.5. The summed E-state index contributed by atoms with van der Waals surface area (Å²) in [5, 5.41) is 0. The molecule has 3 fully saturated rings. The summed E-state index contributed by atoms with van der Waals surface area (Å²) in [7, 11) is 0. The van der Waals surface area contributed by atoms with E-state index in [0.717, 1.165) is 54.0 Å². The van der Waals surface area contributed by atoms with Crippen molar-refractivity contribution in [3.63, 3.8) is 0 Å². The van der Waals surface area contributed by atoms with Gasteiger partial charge in [0.2, 0.25) is 0 Å². The van der Waals surface area contributed by atoms with Crippen molar-refractivity contribution in [2.75, 3.05) is 0 Å². The van der Waals surface area contributed by atoms with Crippen LogP contribution in [0.2, 0.25) is 0 Å². The van der Waals surface area contributed by atoms with Crippen molar-refractivity contribution in [3.8, 4) is 0 Å². The quantitative estimate of drug-likeness (QED) is 0.270. The van der Waals surface area contributed by atoms with E-state index in [1.54, 1.807) is 18.1 Å². The number of aromatic nitrogens is 2. The van der Waals surface area contributed by atoms with Gasteiger partial charge >= 0.3 is 5.97 Å². The summed E-state index contributed by atoms with van der Waals surface area (Å²) >= 11 is 0. The summed E-state index contributed by atoms with van der Waals surface area (Å²) < 4.78 is 5.98. The highest BCUT2D eigenvalue weighted by Crippen LogP contribution is 2.67. The molecule has 1 aromatic heterocycles. The van der Waals surface area contributed by atoms with Crippen molar-refractivity contribution in [2.45, 2.75) is 124 Å². The Labute approximate surface area is 225 Å². The monoisotopic (exact) mass is 508 g/mol. The summed E-state index contributed by atoms with van der Waals surface area (Å²) in [4.78, 5) is 19.7. The first-order chi connectivity index (χ1) is 17.7. The standard InChI is InChI=1S/C33H52N2O2/c1-22(2)7-6-8-23(3)28-12-13-29-27-11-9-24-19-26(37-31(36)14-10-25-20-34-21-35-25)15-17-32(24,4)30(27)16-18-33(28,29)5/h9,20-23,26-30H,6-8,10-19H2,1-5H3,(H,34,35)/t23?,26-,27-,28+,29-,30-,32-,33+/m0/s1. The molecule has 4 nitrogen and oxygen atoms in total. The van der Waals surface area contributed by atoms with Gasteiger partial charge in [-0.15, -0.1) is 0 Å². The highest BCUT2D eigenvalue weighted by atomic mass is 16.5. The third-order valence-corrected chi connectivity index (χ3v) is 11.7. The Morgan fingerprint density at radius 3 is 2.70 bits per heavy atom. The van der Waals surface area contributed by atoms with Crippen LogP contribution in [0.4, 0.5) is 0 Å². The van der Waals surface area contributed by atoms with E-state index in [9.17, 15) is 4.79 Å². The van der Waals surface area contributed by atoms with Crippen LogP contribution in [0.25, 0.3) is 0 Å². The van der Waals surface area contributed by atoms with E-state index in [2.05, 4.69) is 50.7 Å². The van der Waals surface area contributed by atoms with Crippen LogP contribution < -0.4 is 0 Å². The number of nitrogens with one attached hydrogen (secondary N) is 1. The molecule has 1 unspecified atom stereocenters. The molecule has 0 aliphatic heterocycles. The van der Waals surface area contributed by atoms with Crippen LogP contribution in [-0.2, 0) is 16.0 Å². The molecule has 0 radical (unpaired) electrons. The lowest BCUT2D eigenvalue weighted by Gasteiger charge is -2.58. The molecule has 0 amide bonds. The molecular formula is C33H52N2O2. The number of imidazole rings is 1. The number of carbonyl (C=O) groups is 1. The number of H-pyrrole nitrogens is 1. The fraction of sp³-hybridized carbons (Fsp3) is 0.818. The van der Waals surface area contributed by atoms with Crippen molar-refractivity contribution in [1.29, 1.82) is 0 Å². The minimum Gasteiger partial charge on any atom is -0.462 e. The topological polar surface area (TPSA) is 55.0 Å². The van der Waals surface area contributed by atoms with Crippen molar-refractivity contribution >= 4 is 5.97 Å². The van der Waals surface area contributed by atoms with Crippen LogP contribution in [0.1, 0.15) is 117 Å². The Morgan fingerprint density at radius 2 is 1.95 bits per heavy atom. The van der Waals surface area contributed by atoms with Crippen molar-refractivity contribution in [2.24, 2.45) is 46.3 Å². The fourth-order valence-corrected chi connectivity index (χ4v) is 9.66. The van der Waals surface area contributed by atoms with Crippen molar-refractivity contribution < 1.29 is 9.53 Å². The maximum absolute atomic E-state index is 12.5. The molecule has 4 aliphatic carbocycles. The summed E-state index contributed by atoms with van der Waals surface area (Å²) in [5.41, 5.74) is 3.45. The van der Waals surface area contributed by atoms with Gasteiger partial charge in [0.1, 0.15) is 6.10 Å². The van der Waals surface area contributed by atoms with Gasteiger partial charge in [0.15, 0.2) is 0 Å². The van der Waals surface area contributed by atoms with Crippen LogP contribution in [0.3, 0.4) is 0 Å². The summed E-state index contributed by atoms with van der Waals surface area (Å²) in [6, 6.07) is 0. The number of aromatic amines is 1. The van der Waals surface area contributed by atoms with E-state index >= 15 is 0 Å². The van der Waals surface area contributed by atoms with Crippen LogP contribution >= 0.6 is 0 Å². The van der Waals surface area contributed by atoms with Gasteiger partial charge in [0.25, 0.3) is 0 Å². The zero-order valence-electron chi connectivity index (χ0n) is 24.2. The molecule has 37 heavy (non-hydrogen) atoms. The van der Waals surface area contributed by atoms with Gasteiger partial charge in [-0.1, -0.05) is 65.5 Å². The molecule has 0 aromatic carbocycles. The Morgan fingerprint density at radius 1 is 1.11 bits per heavy atom. The molecule has 8 atom stereocenters. The number of nitrogens with zero attached hydrogens (tertiary/aromatic N) is 1. The SMILES string of the molecule is CC(C)CCCC(C)[C@H]1CC[C@H]2[C@@H]3CC=C4C[C@@H](OC(=O)CCc5cnc[nH]5)CC[C@]4(C)[C@H]3CC[C@]12C. The van der Waals surface area contributed by atoms with Crippen LogP contribution in [0, 0.1) is 46.3 Å². The van der Waals surface area contributed by atoms with Gasteiger partial charge in [0, 0.05) is 18.3 Å². The molecule has 5 rings (SSSR count). The predicted octanol–water partition coefficient (Wildman–Crippen LogP) is 8.30. The molecule has 0 saturated heterocycles. The fourth-order valence-electron chi connectivity index (χ4n) is 9.66. The number of esters is 1. The average Bonchev–Trinajstić information content (AvgIpc) is 3.50. The summed E-state index contributed by atoms with van der Waals surface area (Å²) in [5.74, 6) is 5.13. The van der Waals surface area contributed by atoms with Gasteiger partial charge in [-0.25, -0.2) is 4.98 Å². The maximum Gasteiger partial charge on any atom is 0.306 e. The van der Waals surface area contributed by atoms with E-state index < -0.39 is 0 Å². The van der Waals surface area contributed by atoms with Gasteiger partial charge in [-0.05, 0) is 97.7 Å². The second-order valence-corrected chi connectivity index (χ2v) is 14.2. The number of hydrogen-bond donors (Lipinski definition) is 1. The molecule has 1 aromatic rings. The molecule has 206 valence electrons. The van der Waals surface area contributed by atoms with Crippen molar-refractivity contribution in [1.82, 2.24) is 9.97 Å². The largest absolute Gasteiger partial charge is 0.462 e. The van der Waals surface area contributed by atoms with E-state index in [-0.39, 0.29) is 12.1 Å². The normalized spacial score (nSPS) is 37.9. The molecule has 0 spiro atoms. The van der Waals surface area contributed by atoms with Crippen LogP contribution in [-0.4, -0.2) is 22.0 Å². The number of allylic oxidation sites excluding steroid dienone is 1. The summed E-state index contributed by atoms with van der Waals surface area (Å²) in [6.45, 7) is 12.6. The predicted molar refractivity (Wildman–Crippen MR) is 150 cm³/mol. The third-order valence-electron chi connectivity index (χ3n) is 11.7. The number of ether oxygens (including phenoxy) is 1. The molecule has 1 heterocycles. The highest BCUT2D eigenvalue weighted by Gasteiger charge is 2.59. The van der Waals surface area contributed by atoms with E-state index in [1.165, 1.54) is 57.8 Å². The number of aryl methyl sites for hydroxylation is 1. The first-order valence-corrected chi connectivity index (χ1v) is 15.6. The Kier molecular flexibility index (Phi) is 7.95. The lowest BCUT2D eigenvalue weighted by Crippen LogP contribution is -2.51. The second-order valence-electron chi connectivity index (χ2n) is 14.2. The van der Waals surface area contributed by atoms with Gasteiger partial charge in [-0.3, -0.25) is 4.79 Å². The van der Waals surface area contributed by atoms with Gasteiger partial charge in [-0.2, -0.15) is 0 Å². The Bertz CT molecular complexity index is 952. The molecule has 3 saturated carbocycles. The van der Waals surface area contributed by atoms with Gasteiger partial charge < -0.3 is 9.72 Å². The number of rotatable bonds is 9. The smallest absolute Gasteiger partial charge is 0.306 e. The highest BCUT2D eigenvalue weighted by molar-refractivity contribution is 5.69. The number of carbonyl (C=O) groups excluding carboxylic acids is 1. The Hall–Kier alpha value is -1.58. The number of fused-ring (bicyclic) bond motifs is 5. The summed E-state index contributed by atoms with van der Waals surface area (Å²) in [6.07, 6.45) is 21.6. The zero-order chi connectivity index (χ0) is 26.2. The lowest BCUT2D eigenvalue weighted by atomic mass is 9.47.